The molecule has 0 bridgehead atoms. The Labute approximate surface area is 217 Å². The molecule has 0 N–H and O–H groups in total. The van der Waals surface area contributed by atoms with Gasteiger partial charge in [-0.15, -0.1) is 11.8 Å². The van der Waals surface area contributed by atoms with E-state index in [0.29, 0.717) is 26.4 Å². The highest BCUT2D eigenvalue weighted by molar-refractivity contribution is 7.98. The molecule has 0 saturated heterocycles. The van der Waals surface area contributed by atoms with Crippen LogP contribution < -0.4 is 19.6 Å². The summed E-state index contributed by atoms with van der Waals surface area (Å²) in [6.07, 6.45) is 3.48. The maximum atomic E-state index is 13.7. The SMILES string of the molecule is CSc1ccc([C@@H]2C(C(=O)OC(C)C)=C(C)N=c3s/c(=C\c4ccc(OCC#N)cc4)c(=O)n32)cc1. The van der Waals surface area contributed by atoms with Gasteiger partial charge in [0.25, 0.3) is 5.56 Å². The molecule has 0 aliphatic carbocycles. The number of hydrogen-bond donors (Lipinski definition) is 0. The Kier molecular flexibility index (Phi) is 7.77. The monoisotopic (exact) mass is 519 g/mol. The number of thiazole rings is 1. The van der Waals surface area contributed by atoms with Gasteiger partial charge >= 0.3 is 5.97 Å². The fraction of sp³-hybridized carbons (Fsp3) is 0.259. The molecule has 0 amide bonds. The largest absolute Gasteiger partial charge is 0.479 e. The third-order valence-electron chi connectivity index (χ3n) is 5.50. The van der Waals surface area contributed by atoms with Gasteiger partial charge in [0.1, 0.15) is 11.8 Å². The van der Waals surface area contributed by atoms with Crippen LogP contribution in [-0.4, -0.2) is 29.5 Å². The van der Waals surface area contributed by atoms with Crippen molar-refractivity contribution in [1.82, 2.24) is 4.57 Å². The molecule has 0 fully saturated rings. The summed E-state index contributed by atoms with van der Waals surface area (Å²) in [5.41, 5.74) is 2.28. The van der Waals surface area contributed by atoms with E-state index < -0.39 is 12.0 Å². The maximum Gasteiger partial charge on any atom is 0.338 e. The molecule has 0 saturated carbocycles. The molecule has 0 unspecified atom stereocenters. The number of esters is 1. The Hall–Kier alpha value is -3.61. The second kappa shape index (κ2) is 11.0. The predicted molar refractivity (Wildman–Crippen MR) is 141 cm³/mol. The number of ether oxygens (including phenoxy) is 2. The molecule has 1 atom stereocenters. The van der Waals surface area contributed by atoms with Gasteiger partial charge in [0.05, 0.1) is 27.9 Å². The average molecular weight is 520 g/mol. The van der Waals surface area contributed by atoms with E-state index in [1.54, 1.807) is 55.3 Å². The number of rotatable bonds is 7. The van der Waals surface area contributed by atoms with Crippen LogP contribution in [0.4, 0.5) is 0 Å². The number of carbonyl (C=O) groups is 1. The minimum Gasteiger partial charge on any atom is -0.479 e. The van der Waals surface area contributed by atoms with Gasteiger partial charge in [0.2, 0.25) is 0 Å². The number of thioether (sulfide) groups is 1. The van der Waals surface area contributed by atoms with E-state index in [1.807, 2.05) is 48.7 Å². The van der Waals surface area contributed by atoms with Crippen LogP contribution in [0, 0.1) is 11.3 Å². The van der Waals surface area contributed by atoms with Crippen molar-refractivity contribution in [2.45, 2.75) is 37.8 Å². The fourth-order valence-electron chi connectivity index (χ4n) is 3.89. The molecule has 2 aromatic carbocycles. The van der Waals surface area contributed by atoms with Crippen molar-refractivity contribution in [3.8, 4) is 11.8 Å². The van der Waals surface area contributed by atoms with Crippen molar-refractivity contribution in [3.63, 3.8) is 0 Å². The molecule has 0 radical (unpaired) electrons. The van der Waals surface area contributed by atoms with Crippen molar-refractivity contribution in [1.29, 1.82) is 5.26 Å². The van der Waals surface area contributed by atoms with Crippen LogP contribution in [0.2, 0.25) is 0 Å². The summed E-state index contributed by atoms with van der Waals surface area (Å²) >= 11 is 2.90. The molecule has 1 aliphatic heterocycles. The van der Waals surface area contributed by atoms with Crippen molar-refractivity contribution in [3.05, 3.63) is 90.6 Å². The highest BCUT2D eigenvalue weighted by Crippen LogP contribution is 2.32. The Morgan fingerprint density at radius 3 is 2.53 bits per heavy atom. The zero-order valence-electron chi connectivity index (χ0n) is 20.3. The van der Waals surface area contributed by atoms with Crippen molar-refractivity contribution >= 4 is 35.1 Å². The van der Waals surface area contributed by atoms with Crippen molar-refractivity contribution < 1.29 is 14.3 Å². The van der Waals surface area contributed by atoms with Crippen molar-refractivity contribution in [2.24, 2.45) is 4.99 Å². The van der Waals surface area contributed by atoms with Gasteiger partial charge in [-0.05, 0) is 68.5 Å². The van der Waals surface area contributed by atoms with Crippen molar-refractivity contribution in [2.75, 3.05) is 12.9 Å². The Bertz CT molecular complexity index is 1530. The van der Waals surface area contributed by atoms with Crippen LogP contribution >= 0.6 is 23.1 Å². The van der Waals surface area contributed by atoms with Gasteiger partial charge in [-0.1, -0.05) is 35.6 Å². The van der Waals surface area contributed by atoms with Crippen LogP contribution in [0.25, 0.3) is 6.08 Å². The first-order valence-corrected chi connectivity index (χ1v) is 13.3. The van der Waals surface area contributed by atoms with E-state index in [0.717, 1.165) is 16.0 Å². The fourth-order valence-corrected chi connectivity index (χ4v) is 5.34. The number of aromatic nitrogens is 1. The topological polar surface area (TPSA) is 93.7 Å². The standard InChI is InChI=1S/C27H25N3O4S2/c1-16(2)34-26(32)23-17(3)29-27-30(24(23)19-7-11-21(35-4)12-8-19)25(31)22(36-27)15-18-5-9-20(10-6-18)33-14-13-28/h5-12,15-16,24H,14H2,1-4H3/b22-15-/t24-/m1/s1. The molecular weight excluding hydrogens is 494 g/mol. The quantitative estimate of drug-likeness (QED) is 0.348. The summed E-state index contributed by atoms with van der Waals surface area (Å²) in [5, 5.41) is 8.67. The van der Waals surface area contributed by atoms with Crippen LogP contribution in [0.5, 0.6) is 5.75 Å². The number of nitriles is 1. The van der Waals surface area contributed by atoms with E-state index in [9.17, 15) is 9.59 Å². The number of hydrogen-bond acceptors (Lipinski definition) is 8. The first-order chi connectivity index (χ1) is 17.3. The van der Waals surface area contributed by atoms with Gasteiger partial charge in [0, 0.05) is 4.90 Å². The predicted octanol–water partition coefficient (Wildman–Crippen LogP) is 3.81. The average Bonchev–Trinajstić information content (AvgIpc) is 3.16. The summed E-state index contributed by atoms with van der Waals surface area (Å²) in [4.78, 5) is 33.1. The van der Waals surface area contributed by atoms with Gasteiger partial charge in [-0.2, -0.15) is 5.26 Å². The molecule has 184 valence electrons. The third-order valence-corrected chi connectivity index (χ3v) is 7.22. The first kappa shape index (κ1) is 25.5. The lowest BCUT2D eigenvalue weighted by Gasteiger charge is -2.25. The van der Waals surface area contributed by atoms with Crippen LogP contribution in [0.1, 0.15) is 37.9 Å². The van der Waals surface area contributed by atoms with Gasteiger partial charge in [-0.25, -0.2) is 9.79 Å². The zero-order valence-corrected chi connectivity index (χ0v) is 22.0. The van der Waals surface area contributed by atoms with E-state index in [-0.39, 0.29) is 18.3 Å². The number of carbonyl (C=O) groups excluding carboxylic acids is 1. The zero-order chi connectivity index (χ0) is 25.8. The summed E-state index contributed by atoms with van der Waals surface area (Å²) in [6, 6.07) is 16.3. The lowest BCUT2D eigenvalue weighted by Crippen LogP contribution is -2.40. The Morgan fingerprint density at radius 2 is 1.92 bits per heavy atom. The molecule has 9 heteroatoms. The van der Waals surface area contributed by atoms with E-state index in [2.05, 4.69) is 4.99 Å². The highest BCUT2D eigenvalue weighted by Gasteiger charge is 2.33. The molecule has 0 spiro atoms. The lowest BCUT2D eigenvalue weighted by atomic mass is 9.96. The van der Waals surface area contributed by atoms with Gasteiger partial charge in [0.15, 0.2) is 11.4 Å². The highest BCUT2D eigenvalue weighted by atomic mass is 32.2. The summed E-state index contributed by atoms with van der Waals surface area (Å²) in [5.74, 6) is 0.0974. The molecular formula is C27H25N3O4S2. The summed E-state index contributed by atoms with van der Waals surface area (Å²) < 4.78 is 12.9. The number of fused-ring (bicyclic) bond motifs is 1. The van der Waals surface area contributed by atoms with Crippen LogP contribution in [0.3, 0.4) is 0 Å². The molecule has 7 nitrogen and oxygen atoms in total. The minimum atomic E-state index is -0.646. The molecule has 1 aromatic heterocycles. The van der Waals surface area contributed by atoms with Crippen LogP contribution in [0.15, 0.2) is 74.5 Å². The summed E-state index contributed by atoms with van der Waals surface area (Å²) in [6.45, 7) is 5.33. The minimum absolute atomic E-state index is 0.0310. The second-order valence-electron chi connectivity index (χ2n) is 8.32. The Morgan fingerprint density at radius 1 is 1.22 bits per heavy atom. The van der Waals surface area contributed by atoms with Crippen LogP contribution in [-0.2, 0) is 9.53 Å². The Balaban J connectivity index is 1.84. The maximum absolute atomic E-state index is 13.7. The van der Waals surface area contributed by atoms with Gasteiger partial charge in [-0.3, -0.25) is 9.36 Å². The number of nitrogens with zero attached hydrogens (tertiary/aromatic N) is 3. The van der Waals surface area contributed by atoms with Gasteiger partial charge < -0.3 is 9.47 Å². The second-order valence-corrected chi connectivity index (χ2v) is 10.2. The lowest BCUT2D eigenvalue weighted by molar-refractivity contribution is -0.143. The molecule has 4 rings (SSSR count). The van der Waals surface area contributed by atoms with E-state index >= 15 is 0 Å². The molecule has 1 aliphatic rings. The molecule has 36 heavy (non-hydrogen) atoms. The number of benzene rings is 2. The normalized spacial score (nSPS) is 15.3. The van der Waals surface area contributed by atoms with E-state index in [4.69, 9.17) is 14.7 Å². The summed E-state index contributed by atoms with van der Waals surface area (Å²) in [7, 11) is 0. The molecule has 2 heterocycles. The molecule has 3 aromatic rings. The smallest absolute Gasteiger partial charge is 0.338 e. The van der Waals surface area contributed by atoms with E-state index in [1.165, 1.54) is 11.3 Å². The first-order valence-electron chi connectivity index (χ1n) is 11.3. The third kappa shape index (κ3) is 5.30. The number of allylic oxidation sites excluding steroid dienone is 1.